The van der Waals surface area contributed by atoms with Crippen LogP contribution in [-0.4, -0.2) is 20.4 Å². The van der Waals surface area contributed by atoms with Crippen LogP contribution in [0.3, 0.4) is 0 Å². The minimum absolute atomic E-state index is 0.0354. The number of nitrogens with one attached hydrogen (secondary N) is 1. The van der Waals surface area contributed by atoms with Gasteiger partial charge in [-0.1, -0.05) is 18.6 Å². The molecule has 1 aliphatic carbocycles. The molecule has 0 radical (unpaired) electrons. The van der Waals surface area contributed by atoms with Crippen LogP contribution in [0.2, 0.25) is 0 Å². The second-order valence-electron chi connectivity index (χ2n) is 7.63. The van der Waals surface area contributed by atoms with Gasteiger partial charge >= 0.3 is 0 Å². The number of benzene rings is 2. The van der Waals surface area contributed by atoms with Crippen molar-refractivity contribution in [2.24, 2.45) is 5.92 Å². The summed E-state index contributed by atoms with van der Waals surface area (Å²) >= 11 is 0. The zero-order chi connectivity index (χ0) is 19.9. The zero-order valence-electron chi connectivity index (χ0n) is 15.7. The minimum atomic E-state index is -3.70. The Morgan fingerprint density at radius 2 is 1.89 bits per heavy atom. The van der Waals surface area contributed by atoms with Gasteiger partial charge < -0.3 is 4.90 Å². The van der Waals surface area contributed by atoms with Crippen LogP contribution in [0.25, 0.3) is 0 Å². The van der Waals surface area contributed by atoms with E-state index in [2.05, 4.69) is 4.72 Å². The second-order valence-corrected chi connectivity index (χ2v) is 9.40. The highest BCUT2D eigenvalue weighted by molar-refractivity contribution is 7.89. The second kappa shape index (κ2) is 7.29. The topological polar surface area (TPSA) is 66.5 Å². The van der Waals surface area contributed by atoms with Crippen molar-refractivity contribution in [3.8, 4) is 0 Å². The molecule has 1 atom stereocenters. The van der Waals surface area contributed by atoms with Crippen LogP contribution in [0, 0.1) is 11.7 Å². The van der Waals surface area contributed by atoms with Gasteiger partial charge in [-0.25, -0.2) is 17.5 Å². The van der Waals surface area contributed by atoms with E-state index in [1.165, 1.54) is 12.1 Å². The van der Waals surface area contributed by atoms with E-state index in [1.54, 1.807) is 30.3 Å². The van der Waals surface area contributed by atoms with E-state index in [4.69, 9.17) is 0 Å². The molecule has 1 saturated carbocycles. The molecule has 0 unspecified atom stereocenters. The number of nitrogens with zero attached hydrogens (tertiary/aromatic N) is 1. The number of sulfonamides is 1. The lowest BCUT2D eigenvalue weighted by Gasteiger charge is -2.32. The maximum Gasteiger partial charge on any atom is 0.240 e. The van der Waals surface area contributed by atoms with Crippen molar-refractivity contribution in [2.45, 2.75) is 50.1 Å². The molecule has 0 spiro atoms. The van der Waals surface area contributed by atoms with Gasteiger partial charge in [0.05, 0.1) is 4.90 Å². The van der Waals surface area contributed by atoms with Gasteiger partial charge in [-0.15, -0.1) is 0 Å². The lowest BCUT2D eigenvalue weighted by atomic mass is 9.84. The van der Waals surface area contributed by atoms with Crippen LogP contribution in [0.5, 0.6) is 0 Å². The number of amides is 1. The Morgan fingerprint density at radius 1 is 1.18 bits per heavy atom. The van der Waals surface area contributed by atoms with Crippen molar-refractivity contribution >= 4 is 21.6 Å². The van der Waals surface area contributed by atoms with Crippen LogP contribution in [0.1, 0.15) is 37.3 Å². The van der Waals surface area contributed by atoms with Gasteiger partial charge in [0.25, 0.3) is 0 Å². The Balaban J connectivity index is 1.52. The molecule has 2 aromatic carbocycles. The number of fused-ring (bicyclic) bond motifs is 1. The van der Waals surface area contributed by atoms with Crippen molar-refractivity contribution in [3.05, 3.63) is 59.4 Å². The first kappa shape index (κ1) is 19.1. The van der Waals surface area contributed by atoms with Gasteiger partial charge in [-0.05, 0) is 67.6 Å². The van der Waals surface area contributed by atoms with Crippen LogP contribution >= 0.6 is 0 Å². The van der Waals surface area contributed by atoms with Crippen LogP contribution in [0.4, 0.5) is 10.1 Å². The quantitative estimate of drug-likeness (QED) is 0.834. The van der Waals surface area contributed by atoms with Crippen LogP contribution in [-0.2, 0) is 27.8 Å². The Kier molecular flexibility index (Phi) is 4.97. The molecule has 2 aliphatic rings. The molecule has 4 rings (SSSR count). The number of anilines is 1. The smallest absolute Gasteiger partial charge is 0.240 e. The SMILES string of the molecule is C[C@H]1Cc2cc(S(=O)(=O)NCc3ccc(F)cc3)ccc2N1C(=O)C1CCC1. The molecular formula is C21H23FN2O3S. The van der Waals surface area contributed by atoms with E-state index in [-0.39, 0.29) is 35.1 Å². The average molecular weight is 402 g/mol. The zero-order valence-corrected chi connectivity index (χ0v) is 16.5. The summed E-state index contributed by atoms with van der Waals surface area (Å²) in [5.41, 5.74) is 2.38. The van der Waals surface area contributed by atoms with Gasteiger partial charge in [-0.2, -0.15) is 0 Å². The summed E-state index contributed by atoms with van der Waals surface area (Å²) in [5.74, 6) is -0.0999. The highest BCUT2D eigenvalue weighted by Crippen LogP contribution is 2.38. The number of hydrogen-bond donors (Lipinski definition) is 1. The van der Waals surface area contributed by atoms with Gasteiger partial charge in [0.2, 0.25) is 15.9 Å². The van der Waals surface area contributed by atoms with Crippen molar-refractivity contribution < 1.29 is 17.6 Å². The first-order valence-electron chi connectivity index (χ1n) is 9.55. The molecule has 28 heavy (non-hydrogen) atoms. The molecule has 1 N–H and O–H groups in total. The number of carbonyl (C=O) groups excluding carboxylic acids is 1. The molecule has 0 bridgehead atoms. The molecule has 1 heterocycles. The molecule has 148 valence electrons. The highest BCUT2D eigenvalue weighted by atomic mass is 32.2. The van der Waals surface area contributed by atoms with Crippen LogP contribution < -0.4 is 9.62 Å². The summed E-state index contributed by atoms with van der Waals surface area (Å²) in [5, 5.41) is 0. The number of hydrogen-bond acceptors (Lipinski definition) is 3. The van der Waals surface area contributed by atoms with Gasteiger partial charge in [0.15, 0.2) is 0 Å². The molecule has 7 heteroatoms. The number of halogens is 1. The Labute approximate surface area is 164 Å². The third-order valence-electron chi connectivity index (χ3n) is 5.65. The fourth-order valence-electron chi connectivity index (χ4n) is 3.83. The molecule has 0 aromatic heterocycles. The Bertz CT molecular complexity index is 1000. The van der Waals surface area contributed by atoms with E-state index in [0.717, 1.165) is 30.5 Å². The highest BCUT2D eigenvalue weighted by Gasteiger charge is 2.37. The minimum Gasteiger partial charge on any atom is -0.309 e. The van der Waals surface area contributed by atoms with Crippen LogP contribution in [0.15, 0.2) is 47.4 Å². The Hall–Kier alpha value is -2.25. The standard InChI is InChI=1S/C21H23FN2O3S/c1-14-11-17-12-19(9-10-20(17)24(14)21(25)16-3-2-4-16)28(26,27)23-13-15-5-7-18(22)8-6-15/h5-10,12,14,16,23H,2-4,11,13H2,1H3/t14-/m0/s1. The summed E-state index contributed by atoms with van der Waals surface area (Å²) in [6, 6.07) is 10.7. The monoisotopic (exact) mass is 402 g/mol. The molecule has 1 fully saturated rings. The van der Waals surface area contributed by atoms with Gasteiger partial charge in [0.1, 0.15) is 5.82 Å². The molecule has 1 amide bonds. The number of rotatable bonds is 5. The summed E-state index contributed by atoms with van der Waals surface area (Å²) in [6.07, 6.45) is 3.63. The normalized spacial score (nSPS) is 19.4. The number of carbonyl (C=O) groups is 1. The molecule has 0 saturated heterocycles. The van der Waals surface area contributed by atoms with E-state index in [0.29, 0.717) is 12.0 Å². The summed E-state index contributed by atoms with van der Waals surface area (Å²) in [4.78, 5) is 14.7. The van der Waals surface area contributed by atoms with Crippen molar-refractivity contribution in [2.75, 3.05) is 4.90 Å². The Morgan fingerprint density at radius 3 is 2.54 bits per heavy atom. The third kappa shape index (κ3) is 3.56. The molecule has 5 nitrogen and oxygen atoms in total. The average Bonchev–Trinajstić information content (AvgIpc) is 2.94. The van der Waals surface area contributed by atoms with Crippen molar-refractivity contribution in [1.82, 2.24) is 4.72 Å². The van der Waals surface area contributed by atoms with Crippen molar-refractivity contribution in [1.29, 1.82) is 0 Å². The molecule has 2 aromatic rings. The fraction of sp³-hybridized carbons (Fsp3) is 0.381. The maximum absolute atomic E-state index is 13.0. The summed E-state index contributed by atoms with van der Waals surface area (Å²) in [7, 11) is -3.70. The predicted octanol–water partition coefficient (Wildman–Crippen LogP) is 3.38. The van der Waals surface area contributed by atoms with Gasteiger partial charge in [-0.3, -0.25) is 4.79 Å². The van der Waals surface area contributed by atoms with E-state index < -0.39 is 10.0 Å². The fourth-order valence-corrected chi connectivity index (χ4v) is 4.89. The van der Waals surface area contributed by atoms with E-state index in [1.807, 2.05) is 11.8 Å². The summed E-state index contributed by atoms with van der Waals surface area (Å²) in [6.45, 7) is 2.08. The summed E-state index contributed by atoms with van der Waals surface area (Å²) < 4.78 is 40.9. The van der Waals surface area contributed by atoms with E-state index in [9.17, 15) is 17.6 Å². The largest absolute Gasteiger partial charge is 0.309 e. The molecule has 1 aliphatic heterocycles. The lowest BCUT2D eigenvalue weighted by Crippen LogP contribution is -2.42. The first-order valence-corrected chi connectivity index (χ1v) is 11.0. The first-order chi connectivity index (χ1) is 13.3. The lowest BCUT2D eigenvalue weighted by molar-refractivity contribution is -0.125. The predicted molar refractivity (Wildman–Crippen MR) is 105 cm³/mol. The van der Waals surface area contributed by atoms with E-state index >= 15 is 0 Å². The molecular weight excluding hydrogens is 379 g/mol. The third-order valence-corrected chi connectivity index (χ3v) is 7.05. The van der Waals surface area contributed by atoms with Gasteiger partial charge in [0, 0.05) is 24.2 Å². The van der Waals surface area contributed by atoms with Crippen molar-refractivity contribution in [3.63, 3.8) is 0 Å². The maximum atomic E-state index is 13.0.